The third-order valence-corrected chi connectivity index (χ3v) is 5.10. The van der Waals surface area contributed by atoms with Crippen LogP contribution in [0.1, 0.15) is 58.3 Å². The van der Waals surface area contributed by atoms with Crippen LogP contribution in [0.4, 0.5) is 13.2 Å². The summed E-state index contributed by atoms with van der Waals surface area (Å²) in [5.74, 6) is 0.791. The Kier molecular flexibility index (Phi) is 7.01. The lowest BCUT2D eigenvalue weighted by atomic mass is 9.68. The van der Waals surface area contributed by atoms with Crippen LogP contribution >= 0.6 is 11.8 Å². The fourth-order valence-electron chi connectivity index (χ4n) is 2.94. The van der Waals surface area contributed by atoms with Crippen molar-refractivity contribution in [2.45, 2.75) is 63.8 Å². The number of hydrogen-bond donors (Lipinski definition) is 1. The number of hydrogen-bond acceptors (Lipinski definition) is 2. The Bertz CT molecular complexity index is 248. The number of aliphatic hydroxyl groups is 1. The molecule has 1 aliphatic carbocycles. The second-order valence-corrected chi connectivity index (χ2v) is 6.95. The molecular weight excluding hydrogens is 273 g/mol. The summed E-state index contributed by atoms with van der Waals surface area (Å²) in [6.07, 6.45) is 8.05. The summed E-state index contributed by atoms with van der Waals surface area (Å²) in [6.45, 7) is 2.21. The van der Waals surface area contributed by atoms with Crippen molar-refractivity contribution in [1.29, 1.82) is 0 Å². The minimum absolute atomic E-state index is 0.0336. The lowest BCUT2D eigenvalue weighted by Gasteiger charge is -2.39. The molecule has 0 aromatic rings. The fraction of sp³-hybridized carbons (Fsp3) is 1.00. The van der Waals surface area contributed by atoms with E-state index >= 15 is 0 Å². The normalized spacial score (nSPS) is 28.6. The first kappa shape index (κ1) is 17.2. The van der Waals surface area contributed by atoms with Gasteiger partial charge in [0.1, 0.15) is 0 Å². The lowest BCUT2D eigenvalue weighted by Crippen LogP contribution is -2.32. The van der Waals surface area contributed by atoms with Gasteiger partial charge in [0.25, 0.3) is 0 Å². The number of halogens is 3. The summed E-state index contributed by atoms with van der Waals surface area (Å²) >= 11 is 0.0447. The Hall–Kier alpha value is 0.100. The average Bonchev–Trinajstić information content (AvgIpc) is 2.36. The maximum atomic E-state index is 12.1. The average molecular weight is 298 g/mol. The van der Waals surface area contributed by atoms with E-state index in [1.165, 1.54) is 19.3 Å². The monoisotopic (exact) mass is 298 g/mol. The van der Waals surface area contributed by atoms with Gasteiger partial charge in [0, 0.05) is 12.4 Å². The van der Waals surface area contributed by atoms with Gasteiger partial charge in [-0.1, -0.05) is 37.9 Å². The van der Waals surface area contributed by atoms with Crippen LogP contribution in [0.5, 0.6) is 0 Å². The van der Waals surface area contributed by atoms with Crippen molar-refractivity contribution in [3.63, 3.8) is 0 Å². The summed E-state index contributed by atoms with van der Waals surface area (Å²) < 4.78 is 36.4. The molecule has 5 heteroatoms. The molecule has 0 saturated heterocycles. The first-order chi connectivity index (χ1) is 8.91. The highest BCUT2D eigenvalue weighted by Gasteiger charge is 2.36. The quantitative estimate of drug-likeness (QED) is 0.714. The molecule has 1 nitrogen and oxygen atoms in total. The molecule has 1 rings (SSSR count). The minimum Gasteiger partial charge on any atom is -0.396 e. The molecule has 1 aliphatic rings. The number of alkyl halides is 3. The Morgan fingerprint density at radius 2 is 1.89 bits per heavy atom. The largest absolute Gasteiger partial charge is 0.441 e. The van der Waals surface area contributed by atoms with Crippen LogP contribution in [0, 0.1) is 11.3 Å². The fourth-order valence-corrected chi connectivity index (χ4v) is 3.71. The van der Waals surface area contributed by atoms with E-state index in [2.05, 4.69) is 6.92 Å². The molecule has 114 valence electrons. The summed E-state index contributed by atoms with van der Waals surface area (Å²) in [5.41, 5.74) is -4.39. The molecule has 0 aromatic carbocycles. The van der Waals surface area contributed by atoms with E-state index in [9.17, 15) is 18.3 Å². The minimum atomic E-state index is -4.14. The van der Waals surface area contributed by atoms with Crippen LogP contribution in [0.2, 0.25) is 0 Å². The summed E-state index contributed by atoms with van der Waals surface area (Å²) in [7, 11) is 0. The lowest BCUT2D eigenvalue weighted by molar-refractivity contribution is -0.0331. The van der Waals surface area contributed by atoms with E-state index in [0.717, 1.165) is 31.6 Å². The maximum absolute atomic E-state index is 12.1. The molecular formula is C14H25F3OS. The van der Waals surface area contributed by atoms with Gasteiger partial charge in [-0.2, -0.15) is 13.2 Å². The number of thioether (sulfide) groups is 1. The number of unbranched alkanes of at least 4 members (excludes halogenated alkanes) is 1. The van der Waals surface area contributed by atoms with Gasteiger partial charge in [-0.3, -0.25) is 0 Å². The van der Waals surface area contributed by atoms with E-state index in [4.69, 9.17) is 0 Å². The number of rotatable bonds is 7. The summed E-state index contributed by atoms with van der Waals surface area (Å²) in [4.78, 5) is 0. The highest BCUT2D eigenvalue weighted by molar-refractivity contribution is 8.00. The molecule has 1 fully saturated rings. The van der Waals surface area contributed by atoms with Crippen molar-refractivity contribution in [2.24, 2.45) is 11.3 Å². The Morgan fingerprint density at radius 3 is 2.37 bits per heavy atom. The van der Waals surface area contributed by atoms with Gasteiger partial charge in [-0.25, -0.2) is 0 Å². The van der Waals surface area contributed by atoms with Crippen molar-refractivity contribution in [3.05, 3.63) is 0 Å². The van der Waals surface area contributed by atoms with E-state index in [1.54, 1.807) is 0 Å². The second kappa shape index (κ2) is 7.77. The predicted octanol–water partition coefficient (Wildman–Crippen LogP) is 4.99. The molecule has 19 heavy (non-hydrogen) atoms. The van der Waals surface area contributed by atoms with Gasteiger partial charge in [0.2, 0.25) is 0 Å². The number of aliphatic hydroxyl groups excluding tert-OH is 1. The molecule has 1 saturated carbocycles. The van der Waals surface area contributed by atoms with Gasteiger partial charge in [-0.05, 0) is 43.4 Å². The highest BCUT2D eigenvalue weighted by Crippen LogP contribution is 2.44. The van der Waals surface area contributed by atoms with Gasteiger partial charge in [0.05, 0.1) is 0 Å². The molecule has 0 heterocycles. The maximum Gasteiger partial charge on any atom is 0.441 e. The molecule has 0 radical (unpaired) electrons. The van der Waals surface area contributed by atoms with Crippen molar-refractivity contribution in [3.8, 4) is 0 Å². The molecule has 0 unspecified atom stereocenters. The third-order valence-electron chi connectivity index (χ3n) is 4.37. The molecule has 0 amide bonds. The SMILES string of the molecule is CCCCC1CCC(CO)(CCSC(F)(F)F)CC1. The van der Waals surface area contributed by atoms with Gasteiger partial charge in [-0.15, -0.1) is 0 Å². The van der Waals surface area contributed by atoms with Crippen LogP contribution in [0.25, 0.3) is 0 Å². The van der Waals surface area contributed by atoms with Gasteiger partial charge in [0.15, 0.2) is 0 Å². The molecule has 0 atom stereocenters. The Morgan fingerprint density at radius 1 is 1.26 bits per heavy atom. The van der Waals surface area contributed by atoms with Crippen LogP contribution in [0.3, 0.4) is 0 Å². The standard InChI is InChI=1S/C14H25F3OS/c1-2-3-4-12-5-7-13(11-18,8-6-12)9-10-19-14(15,16)17/h12,18H,2-11H2,1H3. The summed E-state index contributed by atoms with van der Waals surface area (Å²) in [6, 6.07) is 0. The molecule has 0 bridgehead atoms. The van der Waals surface area contributed by atoms with Crippen molar-refractivity contribution in [1.82, 2.24) is 0 Å². The molecule has 0 spiro atoms. The highest BCUT2D eigenvalue weighted by atomic mass is 32.2. The third kappa shape index (κ3) is 6.39. The van der Waals surface area contributed by atoms with Crippen molar-refractivity contribution in [2.75, 3.05) is 12.4 Å². The van der Waals surface area contributed by atoms with E-state index < -0.39 is 5.51 Å². The zero-order chi connectivity index (χ0) is 14.4. The zero-order valence-corrected chi connectivity index (χ0v) is 12.5. The van der Waals surface area contributed by atoms with Crippen LogP contribution < -0.4 is 0 Å². The van der Waals surface area contributed by atoms with Crippen LogP contribution in [-0.4, -0.2) is 23.0 Å². The zero-order valence-electron chi connectivity index (χ0n) is 11.6. The Labute approximate surface area is 118 Å². The Balaban J connectivity index is 2.33. The van der Waals surface area contributed by atoms with Crippen molar-refractivity contribution < 1.29 is 18.3 Å². The van der Waals surface area contributed by atoms with Gasteiger partial charge < -0.3 is 5.11 Å². The molecule has 0 aliphatic heterocycles. The first-order valence-electron chi connectivity index (χ1n) is 7.22. The van der Waals surface area contributed by atoms with E-state index in [1.807, 2.05) is 0 Å². The second-order valence-electron chi connectivity index (χ2n) is 5.79. The van der Waals surface area contributed by atoms with Crippen LogP contribution in [0.15, 0.2) is 0 Å². The molecule has 0 aromatic heterocycles. The van der Waals surface area contributed by atoms with E-state index in [-0.39, 0.29) is 29.5 Å². The summed E-state index contributed by atoms with van der Waals surface area (Å²) in [5, 5.41) is 9.54. The smallest absolute Gasteiger partial charge is 0.396 e. The van der Waals surface area contributed by atoms with Crippen molar-refractivity contribution >= 4 is 11.8 Å². The predicted molar refractivity (Wildman–Crippen MR) is 74.1 cm³/mol. The van der Waals surface area contributed by atoms with E-state index in [0.29, 0.717) is 6.42 Å². The topological polar surface area (TPSA) is 20.2 Å². The molecule has 1 N–H and O–H groups in total. The first-order valence-corrected chi connectivity index (χ1v) is 8.21. The van der Waals surface area contributed by atoms with Crippen LogP contribution in [-0.2, 0) is 0 Å². The van der Waals surface area contributed by atoms with Gasteiger partial charge >= 0.3 is 5.51 Å².